The van der Waals surface area contributed by atoms with Gasteiger partial charge >= 0.3 is 5.97 Å². The monoisotopic (exact) mass is 327 g/mol. The Kier molecular flexibility index (Phi) is 7.56. The molecule has 0 aliphatic rings. The van der Waals surface area contributed by atoms with Gasteiger partial charge in [0, 0.05) is 6.92 Å². The molecule has 0 bridgehead atoms. The van der Waals surface area contributed by atoms with Crippen molar-refractivity contribution in [2.24, 2.45) is 5.73 Å². The lowest BCUT2D eigenvalue weighted by Gasteiger charge is -2.27. The maximum atomic E-state index is 12.3. The smallest absolute Gasteiger partial charge is 0.330 e. The van der Waals surface area contributed by atoms with Crippen LogP contribution in [0.25, 0.3) is 0 Å². The van der Waals surface area contributed by atoms with Crippen molar-refractivity contribution in [3.05, 3.63) is 0 Å². The molecule has 2 amide bonds. The first-order valence-electron chi connectivity index (χ1n) is 6.99. The van der Waals surface area contributed by atoms with Crippen LogP contribution in [0.5, 0.6) is 0 Å². The fourth-order valence-corrected chi connectivity index (χ4v) is 1.43. The summed E-state index contributed by atoms with van der Waals surface area (Å²) in [5.74, 6) is 0.730. The van der Waals surface area contributed by atoms with Crippen LogP contribution < -0.4 is 16.4 Å². The average molecular weight is 327 g/mol. The van der Waals surface area contributed by atoms with Gasteiger partial charge in [-0.1, -0.05) is 5.92 Å². The van der Waals surface area contributed by atoms with Gasteiger partial charge in [0.15, 0.2) is 0 Å². The largest absolute Gasteiger partial charge is 0.467 e. The Labute approximate surface area is 136 Å². The molecule has 0 aliphatic heterocycles. The van der Waals surface area contributed by atoms with Crippen LogP contribution in [0, 0.1) is 12.0 Å². The Morgan fingerprint density at radius 1 is 1.22 bits per heavy atom. The van der Waals surface area contributed by atoms with Gasteiger partial charge in [-0.2, -0.15) is 0 Å². The first kappa shape index (κ1) is 20.7. The maximum Gasteiger partial charge on any atom is 0.330 e. The maximum absolute atomic E-state index is 12.3. The third kappa shape index (κ3) is 7.02. The van der Waals surface area contributed by atoms with Crippen LogP contribution in [0.4, 0.5) is 0 Å². The second kappa shape index (κ2) is 8.39. The second-order valence-electron chi connectivity index (χ2n) is 6.02. The minimum Gasteiger partial charge on any atom is -0.467 e. The molecule has 8 nitrogen and oxygen atoms in total. The summed E-state index contributed by atoms with van der Waals surface area (Å²) in [6.07, 6.45) is 2.34. The topological polar surface area (TPSA) is 120 Å². The van der Waals surface area contributed by atoms with E-state index < -0.39 is 34.9 Å². The number of ether oxygens (including phenoxy) is 2. The van der Waals surface area contributed by atoms with Crippen molar-refractivity contribution in [3.8, 4) is 12.0 Å². The molecule has 0 aromatic heterocycles. The van der Waals surface area contributed by atoms with Gasteiger partial charge in [-0.3, -0.25) is 9.59 Å². The SMILES string of the molecule is CC#COC[C@H](NC(=O)C(C)(C)N)C(=O)NC(C)(C)C(=O)OC. The van der Waals surface area contributed by atoms with Crippen LogP contribution in [0.2, 0.25) is 0 Å². The van der Waals surface area contributed by atoms with E-state index in [-0.39, 0.29) is 6.61 Å². The number of hydrogen-bond donors (Lipinski definition) is 3. The van der Waals surface area contributed by atoms with Gasteiger partial charge < -0.3 is 25.8 Å². The van der Waals surface area contributed by atoms with Gasteiger partial charge in [-0.25, -0.2) is 4.79 Å². The number of hydrogen-bond acceptors (Lipinski definition) is 6. The van der Waals surface area contributed by atoms with E-state index in [9.17, 15) is 14.4 Å². The normalized spacial score (nSPS) is 12.3. The van der Waals surface area contributed by atoms with Crippen LogP contribution in [0.15, 0.2) is 0 Å². The van der Waals surface area contributed by atoms with E-state index in [0.717, 1.165) is 0 Å². The summed E-state index contributed by atoms with van der Waals surface area (Å²) < 4.78 is 9.60. The van der Waals surface area contributed by atoms with Crippen molar-refractivity contribution >= 4 is 17.8 Å². The quantitative estimate of drug-likeness (QED) is 0.419. The van der Waals surface area contributed by atoms with Crippen LogP contribution >= 0.6 is 0 Å². The van der Waals surface area contributed by atoms with Crippen molar-refractivity contribution in [1.29, 1.82) is 0 Å². The number of carbonyl (C=O) groups excluding carboxylic acids is 3. The van der Waals surface area contributed by atoms with Crippen LogP contribution in [-0.4, -0.2) is 48.6 Å². The zero-order valence-electron chi connectivity index (χ0n) is 14.4. The molecule has 0 heterocycles. The number of rotatable bonds is 7. The van der Waals surface area contributed by atoms with E-state index in [0.29, 0.717) is 0 Å². The third-order valence-corrected chi connectivity index (χ3v) is 2.76. The van der Waals surface area contributed by atoms with Gasteiger partial charge in [0.1, 0.15) is 24.3 Å². The molecule has 4 N–H and O–H groups in total. The number of nitrogens with one attached hydrogen (secondary N) is 2. The minimum atomic E-state index is -1.26. The molecule has 0 saturated heterocycles. The molecule has 0 radical (unpaired) electrons. The van der Waals surface area contributed by atoms with E-state index in [1.165, 1.54) is 34.8 Å². The Morgan fingerprint density at radius 2 is 1.78 bits per heavy atom. The van der Waals surface area contributed by atoms with Gasteiger partial charge in [-0.15, -0.1) is 0 Å². The predicted octanol–water partition coefficient (Wildman–Crippen LogP) is -0.726. The Morgan fingerprint density at radius 3 is 2.22 bits per heavy atom. The third-order valence-electron chi connectivity index (χ3n) is 2.76. The number of nitrogens with two attached hydrogens (primary N) is 1. The van der Waals surface area contributed by atoms with E-state index >= 15 is 0 Å². The minimum absolute atomic E-state index is 0.189. The lowest BCUT2D eigenvalue weighted by atomic mass is 10.0. The van der Waals surface area contributed by atoms with Gasteiger partial charge in [0.25, 0.3) is 0 Å². The standard InChI is InChI=1S/C15H25N3O5/c1-7-8-23-9-10(17-12(20)14(2,3)16)11(19)18-15(4,5)13(21)22-6/h10H,9,16H2,1-6H3,(H,17,20)(H,18,19)/t10-/m0/s1. The Hall–Kier alpha value is -2.27. The molecule has 0 fully saturated rings. The summed E-state index contributed by atoms with van der Waals surface area (Å²) in [6.45, 7) is 7.35. The molecule has 8 heteroatoms. The van der Waals surface area contributed by atoms with Crippen molar-refractivity contribution < 1.29 is 23.9 Å². The van der Waals surface area contributed by atoms with E-state index in [2.05, 4.69) is 27.4 Å². The van der Waals surface area contributed by atoms with Gasteiger partial charge in [-0.05, 0) is 27.7 Å². The number of amides is 2. The number of methoxy groups -OCH3 is 1. The van der Waals surface area contributed by atoms with E-state index in [1.54, 1.807) is 6.92 Å². The molecule has 23 heavy (non-hydrogen) atoms. The molecule has 0 spiro atoms. The van der Waals surface area contributed by atoms with E-state index in [4.69, 9.17) is 10.5 Å². The molecule has 130 valence electrons. The first-order valence-corrected chi connectivity index (χ1v) is 6.99. The van der Waals surface area contributed by atoms with Gasteiger partial charge in [0.2, 0.25) is 11.8 Å². The second-order valence-corrected chi connectivity index (χ2v) is 6.02. The molecule has 0 rings (SSSR count). The molecule has 0 unspecified atom stereocenters. The fraction of sp³-hybridized carbons (Fsp3) is 0.667. The average Bonchev–Trinajstić information content (AvgIpc) is 2.43. The Balaban J connectivity index is 5.10. The highest BCUT2D eigenvalue weighted by Crippen LogP contribution is 2.06. The highest BCUT2D eigenvalue weighted by Gasteiger charge is 2.35. The predicted molar refractivity (Wildman–Crippen MR) is 83.8 cm³/mol. The van der Waals surface area contributed by atoms with Crippen LogP contribution in [0.1, 0.15) is 34.6 Å². The highest BCUT2D eigenvalue weighted by atomic mass is 16.5. The lowest BCUT2D eigenvalue weighted by Crippen LogP contribution is -2.61. The summed E-state index contributed by atoms with van der Waals surface area (Å²) in [6, 6.07) is -1.06. The lowest BCUT2D eigenvalue weighted by molar-refractivity contribution is -0.149. The molecule has 0 saturated carbocycles. The molecule has 0 aromatic rings. The summed E-state index contributed by atoms with van der Waals surface area (Å²) in [7, 11) is 1.21. The Bertz CT molecular complexity index is 511. The van der Waals surface area contributed by atoms with Crippen LogP contribution in [-0.2, 0) is 23.9 Å². The first-order chi connectivity index (χ1) is 10.5. The zero-order chi connectivity index (χ0) is 18.3. The van der Waals surface area contributed by atoms with Crippen molar-refractivity contribution in [3.63, 3.8) is 0 Å². The summed E-state index contributed by atoms with van der Waals surface area (Å²) >= 11 is 0. The number of esters is 1. The fourth-order valence-electron chi connectivity index (χ4n) is 1.43. The number of carbonyl (C=O) groups is 3. The molecule has 0 aliphatic carbocycles. The van der Waals surface area contributed by atoms with Crippen molar-refractivity contribution in [2.75, 3.05) is 13.7 Å². The molecular formula is C15H25N3O5. The van der Waals surface area contributed by atoms with E-state index in [1.807, 2.05) is 0 Å². The highest BCUT2D eigenvalue weighted by molar-refractivity contribution is 5.94. The zero-order valence-corrected chi connectivity index (χ0v) is 14.4. The molecular weight excluding hydrogens is 302 g/mol. The summed E-state index contributed by atoms with van der Waals surface area (Å²) in [4.78, 5) is 35.9. The van der Waals surface area contributed by atoms with Crippen LogP contribution in [0.3, 0.4) is 0 Å². The molecule has 1 atom stereocenters. The summed E-state index contributed by atoms with van der Waals surface area (Å²) in [5, 5.41) is 4.97. The summed E-state index contributed by atoms with van der Waals surface area (Å²) in [5.41, 5.74) is 3.26. The molecule has 0 aromatic carbocycles. The van der Waals surface area contributed by atoms with Gasteiger partial charge in [0.05, 0.1) is 12.6 Å². The van der Waals surface area contributed by atoms with Crippen molar-refractivity contribution in [2.45, 2.75) is 51.7 Å². The van der Waals surface area contributed by atoms with Crippen molar-refractivity contribution in [1.82, 2.24) is 10.6 Å².